The second-order valence-electron chi connectivity index (χ2n) is 11.6. The Hall–Kier alpha value is -2.47. The van der Waals surface area contributed by atoms with Gasteiger partial charge >= 0.3 is 5.97 Å². The molecule has 2 saturated carbocycles. The van der Waals surface area contributed by atoms with E-state index in [9.17, 15) is 14.4 Å². The zero-order valence-corrected chi connectivity index (χ0v) is 20.1. The van der Waals surface area contributed by atoms with E-state index >= 15 is 0 Å². The Morgan fingerprint density at radius 1 is 1.09 bits per heavy atom. The first-order chi connectivity index (χ1) is 16.3. The second-order valence-corrected chi connectivity index (χ2v) is 11.6. The van der Waals surface area contributed by atoms with Crippen LogP contribution in [0.15, 0.2) is 23.4 Å². The van der Waals surface area contributed by atoms with E-state index in [2.05, 4.69) is 17.9 Å². The van der Waals surface area contributed by atoms with Gasteiger partial charge in [-0.1, -0.05) is 6.07 Å². The molecule has 7 rings (SSSR count). The van der Waals surface area contributed by atoms with Gasteiger partial charge in [-0.15, -0.1) is 0 Å². The average molecular weight is 461 g/mol. The van der Waals surface area contributed by atoms with Gasteiger partial charge in [-0.25, -0.2) is 4.79 Å². The molecule has 4 unspecified atom stereocenters. The summed E-state index contributed by atoms with van der Waals surface area (Å²) in [5.41, 5.74) is 6.20. The van der Waals surface area contributed by atoms with Gasteiger partial charge in [0.2, 0.25) is 5.91 Å². The summed E-state index contributed by atoms with van der Waals surface area (Å²) >= 11 is 0. The molecule has 3 heterocycles. The Bertz CT molecular complexity index is 1200. The number of hydrogen-bond donors (Lipinski definition) is 0. The van der Waals surface area contributed by atoms with Crippen LogP contribution in [0, 0.1) is 17.8 Å². The number of amides is 1. The van der Waals surface area contributed by atoms with Gasteiger partial charge in [-0.2, -0.15) is 0 Å². The number of esters is 1. The SMILES string of the molecule is CC1=C(N2CCC3(CC4N(CCc5ccc6c(c5C)COC6=O)C5CCC54C3)C2=O)CCC1=O. The van der Waals surface area contributed by atoms with Crippen LogP contribution >= 0.6 is 0 Å². The number of Topliss-reactive ketones (excluding diaryl/α,β-unsaturated/α-hetero) is 1. The number of cyclic esters (lactones) is 1. The quantitative estimate of drug-likeness (QED) is 0.641. The number of rotatable bonds is 4. The highest BCUT2D eigenvalue weighted by Crippen LogP contribution is 2.71. The summed E-state index contributed by atoms with van der Waals surface area (Å²) in [5, 5.41) is 0. The van der Waals surface area contributed by atoms with Crippen molar-refractivity contribution in [1.29, 1.82) is 0 Å². The number of hydrogen-bond acceptors (Lipinski definition) is 5. The average Bonchev–Trinajstić information content (AvgIpc) is 3.54. The molecule has 6 aliphatic rings. The highest BCUT2D eigenvalue weighted by atomic mass is 16.5. The summed E-state index contributed by atoms with van der Waals surface area (Å²) in [7, 11) is 0. The van der Waals surface area contributed by atoms with Crippen LogP contribution < -0.4 is 0 Å². The Kier molecular flexibility index (Phi) is 4.18. The summed E-state index contributed by atoms with van der Waals surface area (Å²) in [4.78, 5) is 42.4. The van der Waals surface area contributed by atoms with Crippen molar-refractivity contribution >= 4 is 17.7 Å². The maximum Gasteiger partial charge on any atom is 0.338 e. The molecule has 0 aromatic heterocycles. The van der Waals surface area contributed by atoms with Crippen LogP contribution in [0.2, 0.25) is 0 Å². The van der Waals surface area contributed by atoms with Gasteiger partial charge in [0.05, 0.1) is 11.0 Å². The van der Waals surface area contributed by atoms with Gasteiger partial charge in [0.25, 0.3) is 0 Å². The van der Waals surface area contributed by atoms with E-state index in [-0.39, 0.29) is 17.2 Å². The minimum atomic E-state index is -0.224. The monoisotopic (exact) mass is 460 g/mol. The van der Waals surface area contributed by atoms with E-state index in [1.54, 1.807) is 0 Å². The molecule has 0 bridgehead atoms. The third-order valence-electron chi connectivity index (χ3n) is 10.5. The molecule has 3 aliphatic carbocycles. The maximum atomic E-state index is 13.7. The molecule has 3 aliphatic heterocycles. The van der Waals surface area contributed by atoms with E-state index < -0.39 is 0 Å². The van der Waals surface area contributed by atoms with Gasteiger partial charge in [-0.05, 0) is 76.0 Å². The number of carbonyl (C=O) groups excluding carboxylic acids is 3. The van der Waals surface area contributed by atoms with Crippen molar-refractivity contribution < 1.29 is 19.1 Å². The highest BCUT2D eigenvalue weighted by molar-refractivity contribution is 5.99. The maximum absolute atomic E-state index is 13.7. The lowest BCUT2D eigenvalue weighted by atomic mass is 9.53. The number of fused-ring (bicyclic) bond motifs is 1. The molecule has 178 valence electrons. The summed E-state index contributed by atoms with van der Waals surface area (Å²) < 4.78 is 5.23. The topological polar surface area (TPSA) is 66.9 Å². The smallest absolute Gasteiger partial charge is 0.338 e. The summed E-state index contributed by atoms with van der Waals surface area (Å²) in [6.45, 7) is 6.20. The van der Waals surface area contributed by atoms with Crippen LogP contribution in [0.5, 0.6) is 0 Å². The number of allylic oxidation sites excluding steroid dienone is 2. The number of nitrogens with zero attached hydrogens (tertiary/aromatic N) is 2. The number of likely N-dealkylation sites (tertiary alicyclic amines) is 2. The standard InChI is InChI=1S/C28H32N2O4/c1-16-18(3-4-19-20(16)14-34-25(19)32)8-11-30-23-7-9-28(23)15-27(13-24(28)30)10-12-29(26(27)33)21-5-6-22(31)17(21)2/h3-4,23-24H,5-15H2,1-2H3. The predicted octanol–water partition coefficient (Wildman–Crippen LogP) is 3.69. The number of benzene rings is 1. The molecule has 2 spiro atoms. The first-order valence-electron chi connectivity index (χ1n) is 12.9. The van der Waals surface area contributed by atoms with Crippen LogP contribution in [0.1, 0.15) is 78.9 Å². The molecule has 4 atom stereocenters. The minimum Gasteiger partial charge on any atom is -0.457 e. The third-order valence-corrected chi connectivity index (χ3v) is 10.5. The molecule has 0 radical (unpaired) electrons. The van der Waals surface area contributed by atoms with Gasteiger partial charge in [0.15, 0.2) is 5.78 Å². The first-order valence-corrected chi connectivity index (χ1v) is 12.9. The van der Waals surface area contributed by atoms with E-state index in [4.69, 9.17) is 4.74 Å². The normalized spacial score (nSPS) is 36.1. The Morgan fingerprint density at radius 2 is 1.94 bits per heavy atom. The van der Waals surface area contributed by atoms with E-state index in [1.165, 1.54) is 24.0 Å². The Balaban J connectivity index is 1.08. The van der Waals surface area contributed by atoms with Crippen LogP contribution in [0.4, 0.5) is 0 Å². The number of piperidine rings is 1. The van der Waals surface area contributed by atoms with E-state index in [0.717, 1.165) is 67.6 Å². The molecular formula is C28H32N2O4. The van der Waals surface area contributed by atoms with Crippen molar-refractivity contribution in [2.24, 2.45) is 10.8 Å². The van der Waals surface area contributed by atoms with E-state index in [1.807, 2.05) is 17.9 Å². The van der Waals surface area contributed by atoms with Crippen LogP contribution in [0.3, 0.4) is 0 Å². The van der Waals surface area contributed by atoms with Gasteiger partial charge in [0.1, 0.15) is 6.61 Å². The molecule has 6 heteroatoms. The van der Waals surface area contributed by atoms with Gasteiger partial charge in [-0.3, -0.25) is 14.5 Å². The summed E-state index contributed by atoms with van der Waals surface area (Å²) in [5.74, 6) is 0.299. The summed E-state index contributed by atoms with van der Waals surface area (Å²) in [6, 6.07) is 5.15. The Morgan fingerprint density at radius 3 is 2.68 bits per heavy atom. The number of carbonyl (C=O) groups is 3. The minimum absolute atomic E-state index is 0.203. The zero-order valence-electron chi connectivity index (χ0n) is 20.1. The number of ether oxygens (including phenoxy) is 1. The van der Waals surface area contributed by atoms with Gasteiger partial charge < -0.3 is 9.64 Å². The van der Waals surface area contributed by atoms with Crippen molar-refractivity contribution in [3.8, 4) is 0 Å². The molecule has 4 fully saturated rings. The molecule has 6 nitrogen and oxygen atoms in total. The predicted molar refractivity (Wildman–Crippen MR) is 125 cm³/mol. The van der Waals surface area contributed by atoms with Crippen LogP contribution in [0.25, 0.3) is 0 Å². The molecule has 1 aromatic carbocycles. The van der Waals surface area contributed by atoms with Crippen molar-refractivity contribution in [2.45, 2.75) is 83.9 Å². The third kappa shape index (κ3) is 2.48. The zero-order chi connectivity index (χ0) is 23.4. The second kappa shape index (κ2) is 6.81. The fourth-order valence-corrected chi connectivity index (χ4v) is 8.48. The lowest BCUT2D eigenvalue weighted by Crippen LogP contribution is -2.74. The number of ketones is 1. The van der Waals surface area contributed by atoms with Crippen molar-refractivity contribution in [1.82, 2.24) is 9.80 Å². The van der Waals surface area contributed by atoms with Crippen molar-refractivity contribution in [3.63, 3.8) is 0 Å². The van der Waals surface area contributed by atoms with Gasteiger partial charge in [0, 0.05) is 53.8 Å². The Labute approximate surface area is 200 Å². The molecule has 0 N–H and O–H groups in total. The van der Waals surface area contributed by atoms with E-state index in [0.29, 0.717) is 36.4 Å². The first kappa shape index (κ1) is 20.9. The molecule has 2 saturated heterocycles. The fraction of sp³-hybridized carbons (Fsp3) is 0.607. The largest absolute Gasteiger partial charge is 0.457 e. The van der Waals surface area contributed by atoms with Crippen LogP contribution in [-0.4, -0.2) is 52.6 Å². The van der Waals surface area contributed by atoms with Crippen LogP contribution in [-0.2, 0) is 27.4 Å². The molecule has 1 amide bonds. The van der Waals surface area contributed by atoms with Crippen molar-refractivity contribution in [3.05, 3.63) is 45.7 Å². The lowest BCUT2D eigenvalue weighted by Gasteiger charge is -2.68. The fourth-order valence-electron chi connectivity index (χ4n) is 8.48. The summed E-state index contributed by atoms with van der Waals surface area (Å²) in [6.07, 6.45) is 7.71. The molecule has 1 aromatic rings. The molecule has 34 heavy (non-hydrogen) atoms. The lowest BCUT2D eigenvalue weighted by molar-refractivity contribution is -0.187. The molecular weight excluding hydrogens is 428 g/mol. The van der Waals surface area contributed by atoms with Crippen molar-refractivity contribution in [2.75, 3.05) is 13.1 Å². The highest BCUT2D eigenvalue weighted by Gasteiger charge is 2.74.